The van der Waals surface area contributed by atoms with E-state index in [1.54, 1.807) is 29.2 Å². The number of likely N-dealkylation sites (tertiary alicyclic amines) is 1. The van der Waals surface area contributed by atoms with Gasteiger partial charge in [0.2, 0.25) is 15.9 Å². The fourth-order valence-corrected chi connectivity index (χ4v) is 5.66. The number of aromatic nitrogens is 1. The molecule has 3 aromatic rings. The second kappa shape index (κ2) is 15.4. The maximum Gasteiger partial charge on any atom is 0.322 e. The second-order valence-corrected chi connectivity index (χ2v) is 13.2. The van der Waals surface area contributed by atoms with Gasteiger partial charge in [0.1, 0.15) is 17.4 Å². The number of nitrogens with one attached hydrogen (secondary N) is 2. The first kappa shape index (κ1) is 34.7. The van der Waals surface area contributed by atoms with Crippen LogP contribution in [0.4, 0.5) is 19.3 Å². The summed E-state index contributed by atoms with van der Waals surface area (Å²) in [6.45, 7) is 6.74. The van der Waals surface area contributed by atoms with Gasteiger partial charge in [-0.15, -0.1) is 0 Å². The standard InChI is InChI=1S/C32H40F2N6O5S/c1-4-5-14-40(32(42)38-29-17-26(31(35)41)27(33)18-28(29)34)24-12-15-39(16-13-24)20-23-8-11-30(37-21(23)2)45-25-9-6-22(7-10-25)19-36-46(3,43)44/h6-11,17-18,24,36H,4-5,12-16,19-20H2,1-3H3,(H2,35,41)(H,38,42). The van der Waals surface area contributed by atoms with E-state index in [9.17, 15) is 26.8 Å². The highest BCUT2D eigenvalue weighted by atomic mass is 32.2. The van der Waals surface area contributed by atoms with E-state index < -0.39 is 39.2 Å². The average molecular weight is 659 g/mol. The minimum absolute atomic E-state index is 0.0783. The van der Waals surface area contributed by atoms with Crippen LogP contribution in [0.2, 0.25) is 0 Å². The largest absolute Gasteiger partial charge is 0.439 e. The van der Waals surface area contributed by atoms with Crippen LogP contribution >= 0.6 is 0 Å². The van der Waals surface area contributed by atoms with Crippen molar-refractivity contribution >= 4 is 27.6 Å². The van der Waals surface area contributed by atoms with E-state index in [0.717, 1.165) is 55.1 Å². The number of hydrogen-bond donors (Lipinski definition) is 3. The van der Waals surface area contributed by atoms with Gasteiger partial charge in [-0.2, -0.15) is 0 Å². The molecule has 4 rings (SSSR count). The van der Waals surface area contributed by atoms with E-state index in [2.05, 4.69) is 19.9 Å². The van der Waals surface area contributed by atoms with Crippen LogP contribution < -0.4 is 20.5 Å². The molecule has 14 heteroatoms. The Bertz CT molecular complexity index is 1650. The highest BCUT2D eigenvalue weighted by Crippen LogP contribution is 2.25. The number of carbonyl (C=O) groups is 2. The number of amides is 3. The molecule has 0 radical (unpaired) electrons. The summed E-state index contributed by atoms with van der Waals surface area (Å²) in [6.07, 6.45) is 4.15. The molecule has 46 heavy (non-hydrogen) atoms. The number of aryl methyl sites for hydroxylation is 1. The molecule has 248 valence electrons. The molecule has 3 amide bonds. The molecular formula is C32H40F2N6O5S. The van der Waals surface area contributed by atoms with E-state index in [4.69, 9.17) is 10.5 Å². The number of rotatable bonds is 13. The lowest BCUT2D eigenvalue weighted by molar-refractivity contribution is 0.0996. The summed E-state index contributed by atoms with van der Waals surface area (Å²) in [7, 11) is -3.28. The highest BCUT2D eigenvalue weighted by molar-refractivity contribution is 7.88. The van der Waals surface area contributed by atoms with Gasteiger partial charge in [-0.25, -0.2) is 31.7 Å². The van der Waals surface area contributed by atoms with Crippen LogP contribution in [0.5, 0.6) is 11.6 Å². The molecule has 2 heterocycles. The molecular weight excluding hydrogens is 618 g/mol. The first-order chi connectivity index (χ1) is 21.8. The number of nitrogens with zero attached hydrogens (tertiary/aromatic N) is 3. The Morgan fingerprint density at radius 2 is 1.78 bits per heavy atom. The van der Waals surface area contributed by atoms with E-state index in [1.165, 1.54) is 0 Å². The Morgan fingerprint density at radius 3 is 2.39 bits per heavy atom. The number of hydrogen-bond acceptors (Lipinski definition) is 7. The topological polar surface area (TPSA) is 147 Å². The third kappa shape index (κ3) is 9.68. The van der Waals surface area contributed by atoms with Crippen molar-refractivity contribution in [2.24, 2.45) is 5.73 Å². The van der Waals surface area contributed by atoms with Crippen molar-refractivity contribution in [3.8, 4) is 11.6 Å². The van der Waals surface area contributed by atoms with Crippen molar-refractivity contribution in [3.05, 3.63) is 82.5 Å². The predicted octanol–water partition coefficient (Wildman–Crippen LogP) is 4.91. The van der Waals surface area contributed by atoms with Crippen molar-refractivity contribution < 1.29 is 31.5 Å². The summed E-state index contributed by atoms with van der Waals surface area (Å²) in [4.78, 5) is 33.4. The van der Waals surface area contributed by atoms with Gasteiger partial charge in [0, 0.05) is 56.6 Å². The molecule has 0 unspecified atom stereocenters. The number of ether oxygens (including phenoxy) is 1. The summed E-state index contributed by atoms with van der Waals surface area (Å²) in [5.41, 5.74) is 7.07. The van der Waals surface area contributed by atoms with Gasteiger partial charge in [0.25, 0.3) is 5.91 Å². The summed E-state index contributed by atoms with van der Waals surface area (Å²) in [5.74, 6) is -2.10. The fraction of sp³-hybridized carbons (Fsp3) is 0.406. The monoisotopic (exact) mass is 658 g/mol. The molecule has 11 nitrogen and oxygen atoms in total. The normalized spacial score (nSPS) is 14.2. The van der Waals surface area contributed by atoms with Crippen LogP contribution in [0.15, 0.2) is 48.5 Å². The van der Waals surface area contributed by atoms with E-state index in [0.29, 0.717) is 43.6 Å². The third-order valence-corrected chi connectivity index (χ3v) is 8.49. The Kier molecular flexibility index (Phi) is 11.7. The molecule has 4 N–H and O–H groups in total. The molecule has 0 atom stereocenters. The van der Waals surface area contributed by atoms with Gasteiger partial charge in [0.05, 0.1) is 17.5 Å². The van der Waals surface area contributed by atoms with Crippen molar-refractivity contribution in [2.75, 3.05) is 31.2 Å². The number of unbranched alkanes of at least 4 members (excludes halogenated alkanes) is 1. The number of benzene rings is 2. The maximum absolute atomic E-state index is 14.4. The molecule has 1 fully saturated rings. The average Bonchev–Trinajstić information content (AvgIpc) is 3.00. The van der Waals surface area contributed by atoms with Gasteiger partial charge in [-0.3, -0.25) is 9.69 Å². The number of halogens is 2. The summed E-state index contributed by atoms with van der Waals surface area (Å²) in [5, 5.41) is 2.51. The van der Waals surface area contributed by atoms with Gasteiger partial charge in [0.15, 0.2) is 0 Å². The van der Waals surface area contributed by atoms with Gasteiger partial charge in [-0.1, -0.05) is 31.5 Å². The fourth-order valence-electron chi connectivity index (χ4n) is 5.23. The number of piperidine rings is 1. The van der Waals surface area contributed by atoms with Crippen molar-refractivity contribution in [1.29, 1.82) is 0 Å². The molecule has 2 aromatic carbocycles. The van der Waals surface area contributed by atoms with Crippen LogP contribution in [-0.4, -0.2) is 67.1 Å². The van der Waals surface area contributed by atoms with Crippen LogP contribution in [-0.2, 0) is 23.1 Å². The predicted molar refractivity (Wildman–Crippen MR) is 171 cm³/mol. The Labute approximate surface area is 268 Å². The Balaban J connectivity index is 1.33. The SMILES string of the molecule is CCCCN(C(=O)Nc1cc(C(N)=O)c(F)cc1F)C1CCN(Cc2ccc(Oc3ccc(CNS(C)(=O)=O)cc3)nc2C)CC1. The number of pyridine rings is 1. The molecule has 0 bridgehead atoms. The third-order valence-electron chi connectivity index (χ3n) is 7.82. The number of primary amides is 1. The minimum Gasteiger partial charge on any atom is -0.439 e. The number of sulfonamides is 1. The number of nitrogens with two attached hydrogens (primary N) is 1. The molecule has 0 aliphatic carbocycles. The van der Waals surface area contributed by atoms with Gasteiger partial charge >= 0.3 is 6.03 Å². The van der Waals surface area contributed by atoms with E-state index >= 15 is 0 Å². The number of carbonyl (C=O) groups excluding carboxylic acids is 2. The Hall–Kier alpha value is -4.14. The lowest BCUT2D eigenvalue weighted by Gasteiger charge is -2.38. The second-order valence-electron chi connectivity index (χ2n) is 11.4. The Morgan fingerprint density at radius 1 is 1.09 bits per heavy atom. The molecule has 1 aliphatic rings. The quantitative estimate of drug-likeness (QED) is 0.237. The van der Waals surface area contributed by atoms with Crippen LogP contribution in [0, 0.1) is 18.6 Å². The lowest BCUT2D eigenvalue weighted by Crippen LogP contribution is -2.49. The van der Waals surface area contributed by atoms with Crippen molar-refractivity contribution in [3.63, 3.8) is 0 Å². The molecule has 1 saturated heterocycles. The first-order valence-corrected chi connectivity index (χ1v) is 17.0. The number of anilines is 1. The smallest absolute Gasteiger partial charge is 0.322 e. The summed E-state index contributed by atoms with van der Waals surface area (Å²) < 4.78 is 59.3. The van der Waals surface area contributed by atoms with Crippen LogP contribution in [0.1, 0.15) is 59.8 Å². The first-order valence-electron chi connectivity index (χ1n) is 15.1. The lowest BCUT2D eigenvalue weighted by atomic mass is 10.0. The maximum atomic E-state index is 14.4. The van der Waals surface area contributed by atoms with E-state index in [1.807, 2.05) is 26.0 Å². The zero-order chi connectivity index (χ0) is 33.4. The minimum atomic E-state index is -3.28. The molecule has 0 saturated carbocycles. The van der Waals surface area contributed by atoms with Crippen LogP contribution in [0.25, 0.3) is 0 Å². The van der Waals surface area contributed by atoms with Crippen LogP contribution in [0.3, 0.4) is 0 Å². The zero-order valence-corrected chi connectivity index (χ0v) is 27.0. The molecule has 0 spiro atoms. The van der Waals surface area contributed by atoms with Crippen molar-refractivity contribution in [2.45, 2.75) is 58.7 Å². The molecule has 1 aliphatic heterocycles. The number of urea groups is 1. The summed E-state index contributed by atoms with van der Waals surface area (Å²) in [6, 6.07) is 11.8. The van der Waals surface area contributed by atoms with Gasteiger partial charge < -0.3 is 20.7 Å². The van der Waals surface area contributed by atoms with E-state index in [-0.39, 0.29) is 18.3 Å². The summed E-state index contributed by atoms with van der Waals surface area (Å²) >= 11 is 0. The highest BCUT2D eigenvalue weighted by Gasteiger charge is 2.29. The van der Waals surface area contributed by atoms with Gasteiger partial charge in [-0.05, 0) is 55.5 Å². The van der Waals surface area contributed by atoms with Crippen molar-refractivity contribution in [1.82, 2.24) is 19.5 Å². The zero-order valence-electron chi connectivity index (χ0n) is 26.2. The molecule has 1 aromatic heterocycles.